The molecule has 0 aromatic heterocycles. The lowest BCUT2D eigenvalue weighted by Gasteiger charge is -2.49. The van der Waals surface area contributed by atoms with E-state index in [2.05, 4.69) is 13.0 Å². The zero-order valence-corrected chi connectivity index (χ0v) is 19.1. The number of carbonyl (C=O) groups is 2. The second-order valence-corrected chi connectivity index (χ2v) is 10.9. The minimum atomic E-state index is -0.506. The van der Waals surface area contributed by atoms with E-state index in [0.717, 1.165) is 43.2 Å². The molecule has 0 bridgehead atoms. The number of Topliss-reactive ketones (excluding diaryl/α,β-unsaturated/α-hetero) is 1. The number of rotatable bonds is 5. The van der Waals surface area contributed by atoms with Gasteiger partial charge >= 0.3 is 0 Å². The van der Waals surface area contributed by atoms with E-state index in [-0.39, 0.29) is 41.2 Å². The van der Waals surface area contributed by atoms with Crippen molar-refractivity contribution in [3.63, 3.8) is 0 Å². The normalized spacial score (nSPS) is 34.7. The number of carbonyl (C=O) groups excluding carboxylic acids is 2. The fraction of sp³-hybridized carbons (Fsp3) is 0.630. The van der Waals surface area contributed by atoms with Gasteiger partial charge in [0.1, 0.15) is 5.82 Å². The zero-order chi connectivity index (χ0) is 22.6. The van der Waals surface area contributed by atoms with E-state index in [9.17, 15) is 19.1 Å². The van der Waals surface area contributed by atoms with Gasteiger partial charge in [-0.3, -0.25) is 9.59 Å². The van der Waals surface area contributed by atoms with Crippen LogP contribution in [0, 0.1) is 34.9 Å². The largest absolute Gasteiger partial charge is 0.515 e. The maximum atomic E-state index is 14.5. The molecule has 5 atom stereocenters. The maximum absolute atomic E-state index is 14.5. The van der Waals surface area contributed by atoms with Gasteiger partial charge in [-0.15, -0.1) is 0 Å². The minimum absolute atomic E-state index is 0.0530. The number of hydrogen-bond donors (Lipinski definition) is 1. The lowest BCUT2D eigenvalue weighted by molar-refractivity contribution is -0.130. The number of aliphatic hydroxyl groups is 1. The molecule has 32 heavy (non-hydrogen) atoms. The molecular weight excluding hydrogens is 405 g/mol. The molecule has 5 heteroatoms. The van der Waals surface area contributed by atoms with Gasteiger partial charge in [-0.25, -0.2) is 4.39 Å². The van der Waals surface area contributed by atoms with Crippen LogP contribution < -0.4 is 0 Å². The number of benzene rings is 1. The molecule has 3 saturated carbocycles. The number of fused-ring (bicyclic) bond motifs is 5. The second kappa shape index (κ2) is 8.00. The summed E-state index contributed by atoms with van der Waals surface area (Å²) in [4.78, 5) is 28.0. The molecular formula is C27H34FNO3. The van der Waals surface area contributed by atoms with Gasteiger partial charge in [-0.05, 0) is 91.7 Å². The number of nitrogens with zero attached hydrogens (tertiary/aromatic N) is 1. The van der Waals surface area contributed by atoms with E-state index < -0.39 is 5.41 Å². The Hall–Kier alpha value is -2.17. The molecule has 4 aliphatic carbocycles. The molecule has 0 heterocycles. The fourth-order valence-corrected chi connectivity index (χ4v) is 7.27. The van der Waals surface area contributed by atoms with Crippen molar-refractivity contribution in [1.82, 2.24) is 4.90 Å². The Morgan fingerprint density at radius 1 is 1.28 bits per heavy atom. The summed E-state index contributed by atoms with van der Waals surface area (Å²) in [6, 6.07) is 5.41. The van der Waals surface area contributed by atoms with E-state index in [1.54, 1.807) is 12.1 Å². The summed E-state index contributed by atoms with van der Waals surface area (Å²) in [7, 11) is 1.87. The molecule has 172 valence electrons. The van der Waals surface area contributed by atoms with Crippen molar-refractivity contribution in [1.29, 1.82) is 0 Å². The van der Waals surface area contributed by atoms with Gasteiger partial charge in [0, 0.05) is 31.0 Å². The summed E-state index contributed by atoms with van der Waals surface area (Å²) < 4.78 is 14.5. The Labute approximate surface area is 189 Å². The lowest BCUT2D eigenvalue weighted by atomic mass is 9.54. The van der Waals surface area contributed by atoms with Crippen LogP contribution in [0.1, 0.15) is 68.9 Å². The highest BCUT2D eigenvalue weighted by atomic mass is 19.1. The molecule has 1 aromatic rings. The number of ketones is 1. The summed E-state index contributed by atoms with van der Waals surface area (Å²) in [5.74, 6) is 1.20. The Morgan fingerprint density at radius 2 is 2.06 bits per heavy atom. The predicted octanol–water partition coefficient (Wildman–Crippen LogP) is 5.18. The van der Waals surface area contributed by atoms with Gasteiger partial charge in [0.2, 0.25) is 5.91 Å². The third-order valence-electron chi connectivity index (χ3n) is 9.05. The van der Waals surface area contributed by atoms with E-state index in [1.807, 2.05) is 11.9 Å². The van der Waals surface area contributed by atoms with E-state index >= 15 is 0 Å². The van der Waals surface area contributed by atoms with Gasteiger partial charge in [-0.2, -0.15) is 0 Å². The Balaban J connectivity index is 1.41. The van der Waals surface area contributed by atoms with Gasteiger partial charge < -0.3 is 10.0 Å². The quantitative estimate of drug-likeness (QED) is 0.508. The standard InChI is InChI=1S/C27H34FNO3/c1-27-13-12-18-17-4-3-5-23(28)19(17)8-9-20(18)25(27)21(22(15-30)26(27)32)10-11-24(31)29(2)14-16-6-7-16/h3-5,15-16,18,20-21,25,30H,6-14H2,1-2H3/b22-15-/t18?,20?,21-,25?,27+/m1/s1. The summed E-state index contributed by atoms with van der Waals surface area (Å²) in [6.45, 7) is 2.88. The lowest BCUT2D eigenvalue weighted by Crippen LogP contribution is -2.44. The van der Waals surface area contributed by atoms with Crippen molar-refractivity contribution in [2.75, 3.05) is 13.6 Å². The second-order valence-electron chi connectivity index (χ2n) is 10.9. The molecule has 5 rings (SSSR count). The first kappa shape index (κ1) is 21.7. The van der Waals surface area contributed by atoms with Gasteiger partial charge in [0.15, 0.2) is 5.78 Å². The van der Waals surface area contributed by atoms with Crippen LogP contribution in [0.25, 0.3) is 0 Å². The Bertz CT molecular complexity index is 968. The van der Waals surface area contributed by atoms with E-state index in [4.69, 9.17) is 0 Å². The highest BCUT2D eigenvalue weighted by Crippen LogP contribution is 2.63. The van der Waals surface area contributed by atoms with Crippen molar-refractivity contribution >= 4 is 11.7 Å². The predicted molar refractivity (Wildman–Crippen MR) is 121 cm³/mol. The molecule has 0 saturated heterocycles. The zero-order valence-electron chi connectivity index (χ0n) is 19.1. The first-order valence-electron chi connectivity index (χ1n) is 12.3. The van der Waals surface area contributed by atoms with Crippen LogP contribution in [0.15, 0.2) is 30.0 Å². The van der Waals surface area contributed by atoms with Crippen molar-refractivity contribution in [2.24, 2.45) is 29.1 Å². The van der Waals surface area contributed by atoms with Gasteiger partial charge in [0.05, 0.1) is 6.26 Å². The average molecular weight is 440 g/mol. The van der Waals surface area contributed by atoms with Crippen LogP contribution in [0.3, 0.4) is 0 Å². The van der Waals surface area contributed by atoms with Crippen LogP contribution in [0.4, 0.5) is 4.39 Å². The molecule has 4 aliphatic rings. The van der Waals surface area contributed by atoms with Crippen LogP contribution >= 0.6 is 0 Å². The SMILES string of the molecule is CN(CC1CC1)C(=O)CC[C@@H]1/C(=C/O)C(=O)[C@@]2(C)CCC3c4cccc(F)c4CCC3C12. The first-order valence-corrected chi connectivity index (χ1v) is 12.3. The van der Waals surface area contributed by atoms with Crippen molar-refractivity contribution in [2.45, 2.75) is 64.2 Å². The third-order valence-corrected chi connectivity index (χ3v) is 9.05. The molecule has 1 aromatic carbocycles. The third kappa shape index (κ3) is 3.39. The molecule has 0 radical (unpaired) electrons. The van der Waals surface area contributed by atoms with Gasteiger partial charge in [-0.1, -0.05) is 19.1 Å². The minimum Gasteiger partial charge on any atom is -0.515 e. The summed E-state index contributed by atoms with van der Waals surface area (Å²) in [5.41, 5.74) is 1.94. The van der Waals surface area contributed by atoms with Gasteiger partial charge in [0.25, 0.3) is 0 Å². The molecule has 0 aliphatic heterocycles. The number of halogens is 1. The summed E-state index contributed by atoms with van der Waals surface area (Å²) in [5, 5.41) is 10.0. The highest BCUT2D eigenvalue weighted by Gasteiger charge is 2.60. The average Bonchev–Trinajstić information content (AvgIpc) is 3.56. The molecule has 1 amide bonds. The monoisotopic (exact) mass is 439 g/mol. The molecule has 0 spiro atoms. The topological polar surface area (TPSA) is 57.6 Å². The van der Waals surface area contributed by atoms with Crippen molar-refractivity contribution in [3.8, 4) is 0 Å². The summed E-state index contributed by atoms with van der Waals surface area (Å²) in [6.07, 6.45) is 7.58. The Kier molecular flexibility index (Phi) is 5.42. The molecule has 3 unspecified atom stereocenters. The number of amides is 1. The first-order chi connectivity index (χ1) is 15.3. The molecule has 1 N–H and O–H groups in total. The number of hydrogen-bond acceptors (Lipinski definition) is 3. The number of allylic oxidation sites excluding steroid dienone is 1. The van der Waals surface area contributed by atoms with E-state index in [0.29, 0.717) is 30.8 Å². The Morgan fingerprint density at radius 3 is 2.78 bits per heavy atom. The van der Waals surface area contributed by atoms with Crippen LogP contribution in [0.5, 0.6) is 0 Å². The fourth-order valence-electron chi connectivity index (χ4n) is 7.27. The highest BCUT2D eigenvalue weighted by molar-refractivity contribution is 6.03. The van der Waals surface area contributed by atoms with Crippen LogP contribution in [-0.4, -0.2) is 35.3 Å². The molecule has 4 nitrogen and oxygen atoms in total. The number of aliphatic hydroxyl groups excluding tert-OH is 1. The van der Waals surface area contributed by atoms with E-state index in [1.165, 1.54) is 12.8 Å². The smallest absolute Gasteiger partial charge is 0.222 e. The van der Waals surface area contributed by atoms with Crippen LogP contribution in [-0.2, 0) is 16.0 Å². The molecule has 3 fully saturated rings. The van der Waals surface area contributed by atoms with Crippen molar-refractivity contribution < 1.29 is 19.1 Å². The van der Waals surface area contributed by atoms with Crippen LogP contribution in [0.2, 0.25) is 0 Å². The summed E-state index contributed by atoms with van der Waals surface area (Å²) >= 11 is 0. The van der Waals surface area contributed by atoms with Crippen molar-refractivity contribution in [3.05, 3.63) is 47.0 Å². The maximum Gasteiger partial charge on any atom is 0.222 e.